The van der Waals surface area contributed by atoms with Gasteiger partial charge in [-0.05, 0) is 30.0 Å². The highest BCUT2D eigenvalue weighted by molar-refractivity contribution is 6.30. The summed E-state index contributed by atoms with van der Waals surface area (Å²) < 4.78 is 0. The second-order valence-electron chi connectivity index (χ2n) is 5.43. The summed E-state index contributed by atoms with van der Waals surface area (Å²) in [6.07, 6.45) is -0.417. The summed E-state index contributed by atoms with van der Waals surface area (Å²) in [7, 11) is 0. The zero-order valence-corrected chi connectivity index (χ0v) is 12.4. The van der Waals surface area contributed by atoms with Crippen LogP contribution in [0.2, 0.25) is 5.02 Å². The number of benzene rings is 1. The molecule has 1 aromatic carbocycles. The number of aliphatic hydroxyl groups is 1. The van der Waals surface area contributed by atoms with E-state index in [1.165, 1.54) is 6.07 Å². The van der Waals surface area contributed by atoms with Gasteiger partial charge in [0.15, 0.2) is 0 Å². The number of rotatable bonds is 3. The van der Waals surface area contributed by atoms with Crippen molar-refractivity contribution in [2.75, 3.05) is 0 Å². The highest BCUT2D eigenvalue weighted by Gasteiger charge is 2.25. The third kappa shape index (κ3) is 4.65. The Morgan fingerprint density at radius 1 is 1.33 bits per heavy atom. The number of aromatic hydroxyl groups is 1. The Morgan fingerprint density at radius 2 is 1.89 bits per heavy atom. The van der Waals surface area contributed by atoms with Gasteiger partial charge in [-0.2, -0.15) is 0 Å². The average Bonchev–Trinajstić information content (AvgIpc) is 2.20. The Hall–Kier alpha value is -0.480. The summed E-state index contributed by atoms with van der Waals surface area (Å²) in [4.78, 5) is 0. The third-order valence-electron chi connectivity index (χ3n) is 2.94. The molecule has 0 unspecified atom stereocenters. The fourth-order valence-corrected chi connectivity index (χ4v) is 1.69. The Bertz CT molecular complexity index is 391. The third-order valence-corrected chi connectivity index (χ3v) is 3.17. The predicted molar refractivity (Wildman–Crippen MR) is 77.4 cm³/mol. The molecule has 0 saturated heterocycles. The van der Waals surface area contributed by atoms with Gasteiger partial charge in [0, 0.05) is 16.6 Å². The first-order valence-electron chi connectivity index (χ1n) is 5.64. The predicted octanol–water partition coefficient (Wildman–Crippen LogP) is 3.26. The van der Waals surface area contributed by atoms with Crippen LogP contribution in [0.1, 0.15) is 38.9 Å². The van der Waals surface area contributed by atoms with E-state index in [1.54, 1.807) is 12.1 Å². The van der Waals surface area contributed by atoms with Crippen LogP contribution in [0.15, 0.2) is 18.2 Å². The zero-order chi connectivity index (χ0) is 13.2. The van der Waals surface area contributed by atoms with Crippen molar-refractivity contribution in [3.05, 3.63) is 28.8 Å². The minimum Gasteiger partial charge on any atom is -0.508 e. The first kappa shape index (κ1) is 17.5. The SMILES string of the molecule is CC(C)(C)[C@H](N)C[C@H](O)c1cc(Cl)ccc1O.Cl. The van der Waals surface area contributed by atoms with Crippen LogP contribution in [0.4, 0.5) is 0 Å². The lowest BCUT2D eigenvalue weighted by molar-refractivity contribution is 0.131. The lowest BCUT2D eigenvalue weighted by Crippen LogP contribution is -2.36. The maximum Gasteiger partial charge on any atom is 0.121 e. The minimum atomic E-state index is -0.803. The highest BCUT2D eigenvalue weighted by Crippen LogP contribution is 2.32. The van der Waals surface area contributed by atoms with Gasteiger partial charge in [-0.1, -0.05) is 32.4 Å². The molecule has 0 radical (unpaired) electrons. The number of hydrogen-bond donors (Lipinski definition) is 3. The van der Waals surface area contributed by atoms with E-state index in [4.69, 9.17) is 17.3 Å². The molecule has 1 rings (SSSR count). The monoisotopic (exact) mass is 293 g/mol. The Balaban J connectivity index is 0.00000289. The molecule has 0 aliphatic carbocycles. The Labute approximate surface area is 119 Å². The quantitative estimate of drug-likeness (QED) is 0.801. The van der Waals surface area contributed by atoms with Crippen molar-refractivity contribution < 1.29 is 10.2 Å². The molecule has 0 amide bonds. The van der Waals surface area contributed by atoms with E-state index in [1.807, 2.05) is 20.8 Å². The summed E-state index contributed by atoms with van der Waals surface area (Å²) in [6.45, 7) is 6.05. The number of aliphatic hydroxyl groups excluding tert-OH is 1. The first-order chi connectivity index (χ1) is 7.71. The molecule has 3 nitrogen and oxygen atoms in total. The van der Waals surface area contributed by atoms with Crippen LogP contribution in [0, 0.1) is 5.41 Å². The smallest absolute Gasteiger partial charge is 0.121 e. The summed E-state index contributed by atoms with van der Waals surface area (Å²) >= 11 is 5.83. The average molecular weight is 294 g/mol. The fourth-order valence-electron chi connectivity index (χ4n) is 1.51. The van der Waals surface area contributed by atoms with Crippen LogP contribution >= 0.6 is 24.0 Å². The van der Waals surface area contributed by atoms with E-state index in [0.717, 1.165) is 0 Å². The van der Waals surface area contributed by atoms with E-state index < -0.39 is 6.10 Å². The Kier molecular flexibility index (Phi) is 6.44. The van der Waals surface area contributed by atoms with Crippen molar-refractivity contribution in [2.45, 2.75) is 39.3 Å². The molecule has 0 aliphatic rings. The molecule has 18 heavy (non-hydrogen) atoms. The van der Waals surface area contributed by atoms with Crippen molar-refractivity contribution >= 4 is 24.0 Å². The molecule has 1 aromatic rings. The Morgan fingerprint density at radius 3 is 2.39 bits per heavy atom. The molecule has 2 atom stereocenters. The number of phenols is 1. The number of hydrogen-bond acceptors (Lipinski definition) is 3. The molecule has 0 saturated carbocycles. The molecule has 4 N–H and O–H groups in total. The van der Waals surface area contributed by atoms with Gasteiger partial charge >= 0.3 is 0 Å². The lowest BCUT2D eigenvalue weighted by atomic mass is 9.83. The molecule has 0 aliphatic heterocycles. The second kappa shape index (κ2) is 6.62. The molecule has 0 spiro atoms. The summed E-state index contributed by atoms with van der Waals surface area (Å²) in [5.74, 6) is 0.0445. The molecule has 0 bridgehead atoms. The molecular weight excluding hydrogens is 273 g/mol. The first-order valence-corrected chi connectivity index (χ1v) is 6.01. The van der Waals surface area contributed by atoms with E-state index in [9.17, 15) is 10.2 Å². The van der Waals surface area contributed by atoms with Crippen LogP contribution in [0.5, 0.6) is 5.75 Å². The van der Waals surface area contributed by atoms with Crippen molar-refractivity contribution in [2.24, 2.45) is 11.1 Å². The van der Waals surface area contributed by atoms with Crippen LogP contribution in [-0.4, -0.2) is 16.3 Å². The summed E-state index contributed by atoms with van der Waals surface area (Å²) in [6, 6.07) is 4.47. The molecule has 0 heterocycles. The van der Waals surface area contributed by atoms with Crippen LogP contribution < -0.4 is 5.73 Å². The van der Waals surface area contributed by atoms with Gasteiger partial charge in [0.05, 0.1) is 6.10 Å². The van der Waals surface area contributed by atoms with Gasteiger partial charge in [-0.3, -0.25) is 0 Å². The van der Waals surface area contributed by atoms with Gasteiger partial charge < -0.3 is 15.9 Å². The van der Waals surface area contributed by atoms with E-state index >= 15 is 0 Å². The fraction of sp³-hybridized carbons (Fsp3) is 0.538. The highest BCUT2D eigenvalue weighted by atomic mass is 35.5. The second-order valence-corrected chi connectivity index (χ2v) is 5.86. The van der Waals surface area contributed by atoms with Crippen molar-refractivity contribution in [1.82, 2.24) is 0 Å². The van der Waals surface area contributed by atoms with Crippen LogP contribution in [0.3, 0.4) is 0 Å². The van der Waals surface area contributed by atoms with Gasteiger partial charge in [-0.15, -0.1) is 12.4 Å². The zero-order valence-electron chi connectivity index (χ0n) is 10.9. The van der Waals surface area contributed by atoms with Gasteiger partial charge in [0.25, 0.3) is 0 Å². The van der Waals surface area contributed by atoms with Gasteiger partial charge in [0.1, 0.15) is 5.75 Å². The minimum absolute atomic E-state index is 0. The number of nitrogens with two attached hydrogens (primary N) is 1. The maximum absolute atomic E-state index is 10.1. The van der Waals surface area contributed by atoms with E-state index in [-0.39, 0.29) is 29.6 Å². The number of phenolic OH excluding ortho intramolecular Hbond substituents is 1. The van der Waals surface area contributed by atoms with E-state index in [2.05, 4.69) is 0 Å². The van der Waals surface area contributed by atoms with Crippen molar-refractivity contribution in [1.29, 1.82) is 0 Å². The van der Waals surface area contributed by atoms with Crippen molar-refractivity contribution in [3.8, 4) is 5.75 Å². The van der Waals surface area contributed by atoms with Crippen molar-refractivity contribution in [3.63, 3.8) is 0 Å². The van der Waals surface area contributed by atoms with Gasteiger partial charge in [-0.25, -0.2) is 0 Å². The number of halogens is 2. The van der Waals surface area contributed by atoms with Crippen LogP contribution in [0.25, 0.3) is 0 Å². The van der Waals surface area contributed by atoms with E-state index in [0.29, 0.717) is 17.0 Å². The maximum atomic E-state index is 10.1. The summed E-state index contributed by atoms with van der Waals surface area (Å²) in [5.41, 5.74) is 6.34. The normalized spacial score (nSPS) is 14.8. The standard InChI is InChI=1S/C13H20ClNO2.ClH/c1-13(2,3)12(15)7-11(17)9-6-8(14)4-5-10(9)16;/h4-6,11-12,16-17H,7,15H2,1-3H3;1H/t11-,12+;/m0./s1. The molecular formula is C13H21Cl2NO2. The molecule has 5 heteroatoms. The lowest BCUT2D eigenvalue weighted by Gasteiger charge is -2.29. The van der Waals surface area contributed by atoms with Gasteiger partial charge in [0.2, 0.25) is 0 Å². The largest absolute Gasteiger partial charge is 0.508 e. The molecule has 0 fully saturated rings. The van der Waals surface area contributed by atoms with Crippen LogP contribution in [-0.2, 0) is 0 Å². The summed E-state index contributed by atoms with van der Waals surface area (Å²) in [5, 5.41) is 20.2. The molecule has 104 valence electrons. The topological polar surface area (TPSA) is 66.5 Å². The molecule has 0 aromatic heterocycles.